The van der Waals surface area contributed by atoms with E-state index >= 15 is 0 Å². The van der Waals surface area contributed by atoms with Crippen LogP contribution in [-0.2, 0) is 4.74 Å². The molecule has 4 aromatic rings. The lowest BCUT2D eigenvalue weighted by Crippen LogP contribution is -2.27. The molecule has 1 N–H and O–H groups in total. The van der Waals surface area contributed by atoms with Gasteiger partial charge in [-0.25, -0.2) is 14.3 Å². The van der Waals surface area contributed by atoms with E-state index in [0.29, 0.717) is 5.69 Å². The number of hydrogen-bond donors (Lipinski definition) is 1. The molecule has 6 nitrogen and oxygen atoms in total. The number of amides is 1. The first-order valence-electron chi connectivity index (χ1n) is 8.88. The molecule has 0 unspecified atom stereocenters. The highest BCUT2D eigenvalue weighted by atomic mass is 32.1. The number of aromatic nitrogens is 3. The number of carbonyl (C=O) groups excluding carboxylic acids is 1. The third kappa shape index (κ3) is 3.89. The average molecular weight is 392 g/mol. The zero-order chi connectivity index (χ0) is 19.7. The average Bonchev–Trinajstić information content (AvgIpc) is 3.27. The molecular formula is C21H20N4O2S. The van der Waals surface area contributed by atoms with Crippen LogP contribution in [0, 0.1) is 0 Å². The Balaban J connectivity index is 1.52. The normalized spacial score (nSPS) is 11.5. The topological polar surface area (TPSA) is 68.5 Å². The van der Waals surface area contributed by atoms with Crippen molar-refractivity contribution in [2.24, 2.45) is 0 Å². The molecule has 142 valence electrons. The van der Waals surface area contributed by atoms with Crippen LogP contribution in [0.15, 0.2) is 60.2 Å². The highest BCUT2D eigenvalue weighted by Crippen LogP contribution is 2.31. The number of thiazole rings is 1. The van der Waals surface area contributed by atoms with E-state index in [1.54, 1.807) is 11.3 Å². The summed E-state index contributed by atoms with van der Waals surface area (Å²) in [5.41, 5.74) is 4.06. The largest absolute Gasteiger partial charge is 0.444 e. The Morgan fingerprint density at radius 1 is 1.14 bits per heavy atom. The molecule has 3 heterocycles. The summed E-state index contributed by atoms with van der Waals surface area (Å²) in [5, 5.41) is 10.1. The molecule has 3 aromatic heterocycles. The smallest absolute Gasteiger partial charge is 0.412 e. The summed E-state index contributed by atoms with van der Waals surface area (Å²) in [6.07, 6.45) is 3.29. The van der Waals surface area contributed by atoms with E-state index < -0.39 is 11.7 Å². The molecule has 0 radical (unpaired) electrons. The standard InChI is InChI=1S/C21H20N4O2S/c1-21(2,3)27-20(26)23-15-9-7-14(8-10-15)17-13-28-19(24-17)16-12-22-25-11-5-4-6-18(16)25/h4-13H,1-3H3,(H,23,26). The summed E-state index contributed by atoms with van der Waals surface area (Å²) in [7, 11) is 0. The third-order valence-corrected chi connectivity index (χ3v) is 4.86. The summed E-state index contributed by atoms with van der Waals surface area (Å²) in [6, 6.07) is 13.5. The van der Waals surface area contributed by atoms with E-state index in [1.165, 1.54) is 0 Å². The van der Waals surface area contributed by atoms with Crippen molar-refractivity contribution in [1.82, 2.24) is 14.6 Å². The number of benzene rings is 1. The summed E-state index contributed by atoms with van der Waals surface area (Å²) in [5.74, 6) is 0. The van der Waals surface area contributed by atoms with Gasteiger partial charge in [0.2, 0.25) is 0 Å². The molecule has 1 amide bonds. The molecule has 0 saturated heterocycles. The van der Waals surface area contributed by atoms with E-state index in [9.17, 15) is 4.79 Å². The van der Waals surface area contributed by atoms with Crippen LogP contribution in [0.4, 0.5) is 10.5 Å². The number of hydrogen-bond acceptors (Lipinski definition) is 5. The predicted octanol–water partition coefficient (Wildman–Crippen LogP) is 5.47. The van der Waals surface area contributed by atoms with Gasteiger partial charge in [-0.15, -0.1) is 11.3 Å². The van der Waals surface area contributed by atoms with Gasteiger partial charge in [-0.3, -0.25) is 5.32 Å². The van der Waals surface area contributed by atoms with Crippen LogP contribution in [-0.4, -0.2) is 26.3 Å². The Labute approximate surface area is 166 Å². The summed E-state index contributed by atoms with van der Waals surface area (Å²) in [4.78, 5) is 16.6. The second-order valence-corrected chi connectivity index (χ2v) is 8.19. The molecule has 4 rings (SSSR count). The molecule has 0 aliphatic rings. The van der Waals surface area contributed by atoms with Crippen molar-refractivity contribution in [3.63, 3.8) is 0 Å². The number of anilines is 1. The lowest BCUT2D eigenvalue weighted by molar-refractivity contribution is 0.0636. The minimum Gasteiger partial charge on any atom is -0.444 e. The van der Waals surface area contributed by atoms with Gasteiger partial charge in [-0.2, -0.15) is 5.10 Å². The molecule has 28 heavy (non-hydrogen) atoms. The number of carbonyl (C=O) groups is 1. The second kappa shape index (κ2) is 7.09. The number of ether oxygens (including phenoxy) is 1. The zero-order valence-electron chi connectivity index (χ0n) is 15.8. The Morgan fingerprint density at radius 3 is 2.68 bits per heavy atom. The minimum atomic E-state index is -0.529. The van der Waals surface area contributed by atoms with Crippen LogP contribution in [0.5, 0.6) is 0 Å². The van der Waals surface area contributed by atoms with Gasteiger partial charge in [0.25, 0.3) is 0 Å². The van der Waals surface area contributed by atoms with Gasteiger partial charge in [-0.05, 0) is 45.0 Å². The first kappa shape index (κ1) is 18.2. The van der Waals surface area contributed by atoms with Gasteiger partial charge in [0, 0.05) is 22.8 Å². The van der Waals surface area contributed by atoms with Crippen LogP contribution in [0.1, 0.15) is 20.8 Å². The highest BCUT2D eigenvalue weighted by molar-refractivity contribution is 7.13. The minimum absolute atomic E-state index is 0.468. The van der Waals surface area contributed by atoms with Crippen molar-refractivity contribution in [3.05, 3.63) is 60.2 Å². The van der Waals surface area contributed by atoms with E-state index in [-0.39, 0.29) is 0 Å². The van der Waals surface area contributed by atoms with Gasteiger partial charge >= 0.3 is 6.09 Å². The van der Waals surface area contributed by atoms with Crippen LogP contribution < -0.4 is 5.32 Å². The maximum Gasteiger partial charge on any atom is 0.412 e. The molecule has 1 aromatic carbocycles. The predicted molar refractivity (Wildman–Crippen MR) is 112 cm³/mol. The van der Waals surface area contributed by atoms with Crippen molar-refractivity contribution in [2.45, 2.75) is 26.4 Å². The molecule has 7 heteroatoms. The highest BCUT2D eigenvalue weighted by Gasteiger charge is 2.16. The Bertz CT molecular complexity index is 1120. The van der Waals surface area contributed by atoms with Crippen LogP contribution in [0.2, 0.25) is 0 Å². The number of fused-ring (bicyclic) bond motifs is 1. The molecule has 0 spiro atoms. The van der Waals surface area contributed by atoms with Gasteiger partial charge in [-0.1, -0.05) is 18.2 Å². The fraction of sp³-hybridized carbons (Fsp3) is 0.190. The third-order valence-electron chi connectivity index (χ3n) is 3.99. The van der Waals surface area contributed by atoms with Gasteiger partial charge in [0.15, 0.2) is 0 Å². The zero-order valence-corrected chi connectivity index (χ0v) is 16.7. The number of nitrogens with zero attached hydrogens (tertiary/aromatic N) is 3. The summed E-state index contributed by atoms with van der Waals surface area (Å²) >= 11 is 1.58. The van der Waals surface area contributed by atoms with Gasteiger partial charge < -0.3 is 4.74 Å². The lowest BCUT2D eigenvalue weighted by atomic mass is 10.1. The van der Waals surface area contributed by atoms with Gasteiger partial charge in [0.1, 0.15) is 10.6 Å². The first-order chi connectivity index (χ1) is 13.4. The summed E-state index contributed by atoms with van der Waals surface area (Å²) < 4.78 is 7.11. The fourth-order valence-corrected chi connectivity index (χ4v) is 3.62. The second-order valence-electron chi connectivity index (χ2n) is 7.33. The van der Waals surface area contributed by atoms with E-state index in [0.717, 1.165) is 27.3 Å². The van der Waals surface area contributed by atoms with Crippen molar-refractivity contribution in [3.8, 4) is 21.8 Å². The molecule has 0 aliphatic carbocycles. The molecule has 0 aliphatic heterocycles. The lowest BCUT2D eigenvalue weighted by Gasteiger charge is -2.19. The molecule has 0 fully saturated rings. The fourth-order valence-electron chi connectivity index (χ4n) is 2.78. The number of pyridine rings is 1. The monoisotopic (exact) mass is 392 g/mol. The Hall–Kier alpha value is -3.19. The van der Waals surface area contributed by atoms with E-state index in [2.05, 4.69) is 10.4 Å². The quantitative estimate of drug-likeness (QED) is 0.502. The Kier molecular flexibility index (Phi) is 4.60. The van der Waals surface area contributed by atoms with Crippen LogP contribution in [0.3, 0.4) is 0 Å². The van der Waals surface area contributed by atoms with E-state index in [4.69, 9.17) is 9.72 Å². The van der Waals surface area contributed by atoms with E-state index in [1.807, 2.05) is 85.5 Å². The molecular weight excluding hydrogens is 372 g/mol. The summed E-state index contributed by atoms with van der Waals surface area (Å²) in [6.45, 7) is 5.50. The number of rotatable bonds is 3. The maximum absolute atomic E-state index is 11.9. The van der Waals surface area contributed by atoms with Crippen molar-refractivity contribution >= 4 is 28.6 Å². The SMILES string of the molecule is CC(C)(C)OC(=O)Nc1ccc(-c2csc(-c3cnn4ccccc34)n2)cc1. The van der Waals surface area contributed by atoms with Crippen LogP contribution >= 0.6 is 11.3 Å². The first-order valence-corrected chi connectivity index (χ1v) is 9.76. The van der Waals surface area contributed by atoms with Crippen molar-refractivity contribution in [1.29, 1.82) is 0 Å². The Morgan fingerprint density at radius 2 is 1.93 bits per heavy atom. The van der Waals surface area contributed by atoms with Crippen molar-refractivity contribution < 1.29 is 9.53 Å². The molecule has 0 atom stereocenters. The van der Waals surface area contributed by atoms with Crippen LogP contribution in [0.25, 0.3) is 27.3 Å². The maximum atomic E-state index is 11.9. The van der Waals surface area contributed by atoms with Crippen molar-refractivity contribution in [2.75, 3.05) is 5.32 Å². The van der Waals surface area contributed by atoms with Gasteiger partial charge in [0.05, 0.1) is 23.0 Å². The molecule has 0 bridgehead atoms. The molecule has 0 saturated carbocycles. The number of nitrogens with one attached hydrogen (secondary N) is 1.